The Morgan fingerprint density at radius 1 is 1.25 bits per heavy atom. The minimum Gasteiger partial charge on any atom is -0.386 e. The van der Waals surface area contributed by atoms with Crippen LogP contribution in [0.5, 0.6) is 0 Å². The van der Waals surface area contributed by atoms with E-state index in [1.807, 2.05) is 31.2 Å². The lowest BCUT2D eigenvalue weighted by Gasteiger charge is -2.38. The van der Waals surface area contributed by atoms with Gasteiger partial charge >= 0.3 is 0 Å². The van der Waals surface area contributed by atoms with Gasteiger partial charge in [0.05, 0.1) is 6.10 Å². The second-order valence-electron chi connectivity index (χ2n) is 5.11. The Morgan fingerprint density at radius 2 is 1.94 bits per heavy atom. The van der Waals surface area contributed by atoms with E-state index in [2.05, 4.69) is 0 Å². The van der Waals surface area contributed by atoms with Crippen molar-refractivity contribution in [3.05, 3.63) is 35.4 Å². The maximum absolute atomic E-state index is 10.4. The average molecular weight is 219 g/mol. The van der Waals surface area contributed by atoms with Crippen LogP contribution in [0.1, 0.15) is 49.3 Å². The first-order valence-corrected chi connectivity index (χ1v) is 6.15. The molecule has 2 rings (SSSR count). The van der Waals surface area contributed by atoms with E-state index in [9.17, 15) is 5.11 Å². The van der Waals surface area contributed by atoms with Crippen molar-refractivity contribution in [3.63, 3.8) is 0 Å². The molecule has 1 fully saturated rings. The fraction of sp³-hybridized carbons (Fsp3) is 0.571. The molecule has 0 saturated heterocycles. The van der Waals surface area contributed by atoms with Crippen molar-refractivity contribution >= 4 is 0 Å². The molecule has 1 aromatic carbocycles. The maximum atomic E-state index is 10.4. The molecule has 1 aromatic rings. The lowest BCUT2D eigenvalue weighted by atomic mass is 9.76. The van der Waals surface area contributed by atoms with E-state index in [1.54, 1.807) is 0 Å². The molecule has 0 bridgehead atoms. The number of nitrogens with two attached hydrogens (primary N) is 1. The summed E-state index contributed by atoms with van der Waals surface area (Å²) in [4.78, 5) is 0. The van der Waals surface area contributed by atoms with Gasteiger partial charge in [-0.05, 0) is 25.3 Å². The zero-order valence-electron chi connectivity index (χ0n) is 9.95. The van der Waals surface area contributed by atoms with Gasteiger partial charge in [0.2, 0.25) is 0 Å². The molecular formula is C14H21NO. The van der Waals surface area contributed by atoms with Gasteiger partial charge in [-0.1, -0.05) is 49.1 Å². The van der Waals surface area contributed by atoms with Gasteiger partial charge in [0.1, 0.15) is 0 Å². The van der Waals surface area contributed by atoms with Crippen LogP contribution in [0.4, 0.5) is 0 Å². The number of benzene rings is 1. The maximum Gasteiger partial charge on any atom is 0.0969 e. The van der Waals surface area contributed by atoms with Gasteiger partial charge in [-0.15, -0.1) is 0 Å². The van der Waals surface area contributed by atoms with Gasteiger partial charge in [-0.2, -0.15) is 0 Å². The van der Waals surface area contributed by atoms with Gasteiger partial charge < -0.3 is 10.8 Å². The summed E-state index contributed by atoms with van der Waals surface area (Å²) >= 11 is 0. The molecule has 1 aliphatic rings. The van der Waals surface area contributed by atoms with Gasteiger partial charge in [0.15, 0.2) is 0 Å². The molecule has 0 aromatic heterocycles. The first-order valence-electron chi connectivity index (χ1n) is 6.15. The van der Waals surface area contributed by atoms with E-state index < -0.39 is 11.6 Å². The predicted octanol–water partition coefficient (Wildman–Crippen LogP) is 2.69. The lowest BCUT2D eigenvalue weighted by molar-refractivity contribution is 0.0586. The number of aliphatic hydroxyl groups excluding tert-OH is 1. The molecule has 2 nitrogen and oxygen atoms in total. The van der Waals surface area contributed by atoms with Crippen molar-refractivity contribution in [2.75, 3.05) is 0 Å². The first-order chi connectivity index (χ1) is 7.62. The van der Waals surface area contributed by atoms with E-state index >= 15 is 0 Å². The van der Waals surface area contributed by atoms with Crippen molar-refractivity contribution in [2.45, 2.75) is 50.7 Å². The summed E-state index contributed by atoms with van der Waals surface area (Å²) in [6.45, 7) is 2.04. The van der Waals surface area contributed by atoms with Crippen LogP contribution >= 0.6 is 0 Å². The SMILES string of the molecule is Cc1cccc(C(O)C2(N)CCCCC2)c1. The molecule has 1 unspecified atom stereocenters. The standard InChI is InChI=1S/C14H21NO/c1-11-6-5-7-12(10-11)13(16)14(15)8-3-2-4-9-14/h5-7,10,13,16H,2-4,8-9,15H2,1H3. The number of rotatable bonds is 2. The average Bonchev–Trinajstić information content (AvgIpc) is 2.29. The molecular weight excluding hydrogens is 198 g/mol. The molecule has 0 heterocycles. The Balaban J connectivity index is 2.20. The van der Waals surface area contributed by atoms with Crippen molar-refractivity contribution in [1.29, 1.82) is 0 Å². The highest BCUT2D eigenvalue weighted by atomic mass is 16.3. The molecule has 0 radical (unpaired) electrons. The zero-order valence-corrected chi connectivity index (χ0v) is 9.95. The van der Waals surface area contributed by atoms with Crippen LogP contribution in [-0.2, 0) is 0 Å². The van der Waals surface area contributed by atoms with Gasteiger partial charge in [0, 0.05) is 5.54 Å². The Hall–Kier alpha value is -0.860. The smallest absolute Gasteiger partial charge is 0.0969 e. The summed E-state index contributed by atoms with van der Waals surface area (Å²) < 4.78 is 0. The Morgan fingerprint density at radius 3 is 2.56 bits per heavy atom. The topological polar surface area (TPSA) is 46.2 Å². The quantitative estimate of drug-likeness (QED) is 0.803. The van der Waals surface area contributed by atoms with Crippen molar-refractivity contribution in [3.8, 4) is 0 Å². The molecule has 1 aliphatic carbocycles. The Kier molecular flexibility index (Phi) is 3.31. The minimum absolute atomic E-state index is 0.411. The molecule has 3 N–H and O–H groups in total. The third-order valence-electron chi connectivity index (χ3n) is 3.69. The summed E-state index contributed by atoms with van der Waals surface area (Å²) in [5.74, 6) is 0. The second-order valence-corrected chi connectivity index (χ2v) is 5.11. The van der Waals surface area contributed by atoms with Crippen LogP contribution in [0.25, 0.3) is 0 Å². The van der Waals surface area contributed by atoms with Crippen molar-refractivity contribution in [1.82, 2.24) is 0 Å². The lowest BCUT2D eigenvalue weighted by Crippen LogP contribution is -2.47. The Labute approximate surface area is 97.5 Å². The van der Waals surface area contributed by atoms with Crippen LogP contribution < -0.4 is 5.73 Å². The van der Waals surface area contributed by atoms with E-state index in [0.717, 1.165) is 31.2 Å². The molecule has 0 spiro atoms. The normalized spacial score (nSPS) is 21.7. The van der Waals surface area contributed by atoms with E-state index in [4.69, 9.17) is 5.73 Å². The van der Waals surface area contributed by atoms with Crippen LogP contribution in [0.15, 0.2) is 24.3 Å². The first kappa shape index (κ1) is 11.6. The highest BCUT2D eigenvalue weighted by Gasteiger charge is 2.35. The van der Waals surface area contributed by atoms with Crippen molar-refractivity contribution < 1.29 is 5.11 Å². The number of hydrogen-bond acceptors (Lipinski definition) is 2. The number of hydrogen-bond donors (Lipinski definition) is 2. The van der Waals surface area contributed by atoms with Crippen LogP contribution in [0.2, 0.25) is 0 Å². The summed E-state index contributed by atoms with van der Waals surface area (Å²) in [5.41, 5.74) is 8.06. The summed E-state index contributed by atoms with van der Waals surface area (Å²) in [6, 6.07) is 8.04. The van der Waals surface area contributed by atoms with Gasteiger partial charge in [-0.25, -0.2) is 0 Å². The van der Waals surface area contributed by atoms with Crippen LogP contribution in [0, 0.1) is 6.92 Å². The number of aliphatic hydroxyl groups is 1. The summed E-state index contributed by atoms with van der Waals surface area (Å²) in [5, 5.41) is 10.4. The fourth-order valence-electron chi connectivity index (χ4n) is 2.66. The highest BCUT2D eigenvalue weighted by molar-refractivity contribution is 5.26. The van der Waals surface area contributed by atoms with Crippen molar-refractivity contribution in [2.24, 2.45) is 5.73 Å². The molecule has 16 heavy (non-hydrogen) atoms. The fourth-order valence-corrected chi connectivity index (χ4v) is 2.66. The van der Waals surface area contributed by atoms with Crippen LogP contribution in [-0.4, -0.2) is 10.6 Å². The predicted molar refractivity (Wildman–Crippen MR) is 66.1 cm³/mol. The van der Waals surface area contributed by atoms with Gasteiger partial charge in [0.25, 0.3) is 0 Å². The third-order valence-corrected chi connectivity index (χ3v) is 3.69. The molecule has 88 valence electrons. The van der Waals surface area contributed by atoms with E-state index in [1.165, 1.54) is 12.0 Å². The molecule has 2 heteroatoms. The number of aryl methyl sites for hydroxylation is 1. The zero-order chi connectivity index (χ0) is 11.6. The van der Waals surface area contributed by atoms with Gasteiger partial charge in [-0.3, -0.25) is 0 Å². The molecule has 0 amide bonds. The summed E-state index contributed by atoms with van der Waals surface area (Å²) in [6.07, 6.45) is 4.87. The van der Waals surface area contributed by atoms with E-state index in [0.29, 0.717) is 0 Å². The molecule has 1 saturated carbocycles. The minimum atomic E-state index is -0.521. The second kappa shape index (κ2) is 4.56. The Bertz CT molecular complexity index is 356. The third kappa shape index (κ3) is 2.28. The molecule has 0 aliphatic heterocycles. The molecule has 1 atom stereocenters. The highest BCUT2D eigenvalue weighted by Crippen LogP contribution is 2.36. The van der Waals surface area contributed by atoms with E-state index in [-0.39, 0.29) is 0 Å². The summed E-state index contributed by atoms with van der Waals surface area (Å²) in [7, 11) is 0. The van der Waals surface area contributed by atoms with Crippen LogP contribution in [0.3, 0.4) is 0 Å². The largest absolute Gasteiger partial charge is 0.386 e. The monoisotopic (exact) mass is 219 g/mol.